The van der Waals surface area contributed by atoms with Crippen molar-refractivity contribution < 1.29 is 9.53 Å². The van der Waals surface area contributed by atoms with Crippen molar-refractivity contribution in [2.75, 3.05) is 0 Å². The Morgan fingerprint density at radius 3 is 2.70 bits per heavy atom. The summed E-state index contributed by atoms with van der Waals surface area (Å²) in [6.45, 7) is 3.82. The standard InChI is InChI=1S/C20H23NO2/c1-14-10-12-17(13-11-14)23-15(2)20(22)21-19-9-5-7-16-6-3-4-8-18(16)19/h3-4,6,8,10-13,15,19H,5,7,9H2,1-2H3,(H,21,22). The van der Waals surface area contributed by atoms with E-state index in [4.69, 9.17) is 4.74 Å². The molecule has 23 heavy (non-hydrogen) atoms. The van der Waals surface area contributed by atoms with Crippen LogP contribution >= 0.6 is 0 Å². The maximum Gasteiger partial charge on any atom is 0.261 e. The summed E-state index contributed by atoms with van der Waals surface area (Å²) in [4.78, 5) is 12.5. The molecular formula is C20H23NO2. The summed E-state index contributed by atoms with van der Waals surface area (Å²) in [7, 11) is 0. The second kappa shape index (κ2) is 6.86. The quantitative estimate of drug-likeness (QED) is 0.928. The molecule has 2 atom stereocenters. The predicted molar refractivity (Wildman–Crippen MR) is 91.5 cm³/mol. The number of rotatable bonds is 4. The topological polar surface area (TPSA) is 38.3 Å². The molecule has 2 aromatic carbocycles. The Balaban J connectivity index is 1.64. The summed E-state index contributed by atoms with van der Waals surface area (Å²) in [5.74, 6) is 0.662. The molecule has 1 N–H and O–H groups in total. The lowest BCUT2D eigenvalue weighted by Gasteiger charge is -2.27. The van der Waals surface area contributed by atoms with Gasteiger partial charge in [0, 0.05) is 0 Å². The van der Waals surface area contributed by atoms with Crippen molar-refractivity contribution in [1.82, 2.24) is 5.32 Å². The van der Waals surface area contributed by atoms with E-state index in [0.29, 0.717) is 0 Å². The molecule has 0 spiro atoms. The predicted octanol–water partition coefficient (Wildman–Crippen LogP) is 3.96. The van der Waals surface area contributed by atoms with Gasteiger partial charge in [-0.2, -0.15) is 0 Å². The van der Waals surface area contributed by atoms with E-state index >= 15 is 0 Å². The van der Waals surface area contributed by atoms with Crippen LogP contribution in [-0.4, -0.2) is 12.0 Å². The van der Waals surface area contributed by atoms with Crippen LogP contribution in [0, 0.1) is 6.92 Å². The average molecular weight is 309 g/mol. The Kier molecular flexibility index (Phi) is 4.65. The van der Waals surface area contributed by atoms with Crippen LogP contribution in [0.15, 0.2) is 48.5 Å². The van der Waals surface area contributed by atoms with Crippen LogP contribution in [0.25, 0.3) is 0 Å². The summed E-state index contributed by atoms with van der Waals surface area (Å²) in [5, 5.41) is 3.14. The Morgan fingerprint density at radius 2 is 1.91 bits per heavy atom. The fourth-order valence-electron chi connectivity index (χ4n) is 3.07. The number of carbonyl (C=O) groups excluding carboxylic acids is 1. The minimum atomic E-state index is -0.508. The van der Waals surface area contributed by atoms with Crippen LogP contribution in [0.3, 0.4) is 0 Å². The molecule has 2 aromatic rings. The first-order valence-electron chi connectivity index (χ1n) is 8.25. The number of hydrogen-bond donors (Lipinski definition) is 1. The number of nitrogens with one attached hydrogen (secondary N) is 1. The zero-order valence-electron chi connectivity index (χ0n) is 13.7. The molecule has 0 radical (unpaired) electrons. The normalized spacial score (nSPS) is 17.9. The molecule has 2 unspecified atom stereocenters. The van der Waals surface area contributed by atoms with Crippen molar-refractivity contribution in [3.8, 4) is 5.75 Å². The Bertz CT molecular complexity index is 678. The Labute approximate surface area is 137 Å². The van der Waals surface area contributed by atoms with Gasteiger partial charge in [-0.25, -0.2) is 0 Å². The van der Waals surface area contributed by atoms with E-state index in [1.54, 1.807) is 6.92 Å². The largest absolute Gasteiger partial charge is 0.481 e. The van der Waals surface area contributed by atoms with Crippen molar-refractivity contribution in [2.24, 2.45) is 0 Å². The lowest BCUT2D eigenvalue weighted by atomic mass is 9.87. The van der Waals surface area contributed by atoms with Gasteiger partial charge in [0.05, 0.1) is 6.04 Å². The van der Waals surface area contributed by atoms with E-state index in [9.17, 15) is 4.79 Å². The van der Waals surface area contributed by atoms with Gasteiger partial charge in [0.1, 0.15) is 5.75 Å². The molecule has 3 nitrogen and oxygen atoms in total. The van der Waals surface area contributed by atoms with E-state index in [0.717, 1.165) is 25.0 Å². The highest BCUT2D eigenvalue weighted by Gasteiger charge is 2.24. The molecule has 0 heterocycles. The second-order valence-electron chi connectivity index (χ2n) is 6.23. The third kappa shape index (κ3) is 3.73. The first-order chi connectivity index (χ1) is 11.1. The van der Waals surface area contributed by atoms with Crippen molar-refractivity contribution in [1.29, 1.82) is 0 Å². The van der Waals surface area contributed by atoms with Crippen LogP contribution in [0.5, 0.6) is 5.75 Å². The third-order valence-electron chi connectivity index (χ3n) is 4.39. The molecule has 0 saturated heterocycles. The van der Waals surface area contributed by atoms with Gasteiger partial charge < -0.3 is 10.1 Å². The van der Waals surface area contributed by atoms with Crippen LogP contribution in [-0.2, 0) is 11.2 Å². The highest BCUT2D eigenvalue weighted by molar-refractivity contribution is 5.81. The van der Waals surface area contributed by atoms with Crippen LogP contribution in [0.2, 0.25) is 0 Å². The molecule has 0 aromatic heterocycles. The minimum Gasteiger partial charge on any atom is -0.481 e. The molecule has 0 saturated carbocycles. The van der Waals surface area contributed by atoms with Gasteiger partial charge in [-0.3, -0.25) is 4.79 Å². The van der Waals surface area contributed by atoms with Gasteiger partial charge in [-0.1, -0.05) is 42.0 Å². The molecule has 1 aliphatic carbocycles. The monoisotopic (exact) mass is 309 g/mol. The van der Waals surface area contributed by atoms with Crippen molar-refractivity contribution >= 4 is 5.91 Å². The minimum absolute atomic E-state index is 0.0627. The van der Waals surface area contributed by atoms with Crippen molar-refractivity contribution in [3.05, 3.63) is 65.2 Å². The number of carbonyl (C=O) groups is 1. The number of hydrogen-bond acceptors (Lipinski definition) is 2. The van der Waals surface area contributed by atoms with E-state index in [1.165, 1.54) is 16.7 Å². The molecule has 0 aliphatic heterocycles. The first-order valence-corrected chi connectivity index (χ1v) is 8.25. The summed E-state index contributed by atoms with van der Waals surface area (Å²) in [6, 6.07) is 16.2. The first kappa shape index (κ1) is 15.6. The summed E-state index contributed by atoms with van der Waals surface area (Å²) >= 11 is 0. The average Bonchev–Trinajstić information content (AvgIpc) is 2.57. The van der Waals surface area contributed by atoms with Gasteiger partial charge in [0.15, 0.2) is 6.10 Å². The van der Waals surface area contributed by atoms with Gasteiger partial charge in [0.2, 0.25) is 0 Å². The molecule has 1 amide bonds. The smallest absolute Gasteiger partial charge is 0.261 e. The molecule has 3 heteroatoms. The van der Waals surface area contributed by atoms with Crippen LogP contribution in [0.1, 0.15) is 42.5 Å². The van der Waals surface area contributed by atoms with Crippen LogP contribution < -0.4 is 10.1 Å². The van der Waals surface area contributed by atoms with E-state index in [-0.39, 0.29) is 11.9 Å². The molecular weight excluding hydrogens is 286 g/mol. The fourth-order valence-corrected chi connectivity index (χ4v) is 3.07. The maximum absolute atomic E-state index is 12.5. The van der Waals surface area contributed by atoms with Gasteiger partial charge in [-0.05, 0) is 56.4 Å². The lowest BCUT2D eigenvalue weighted by Crippen LogP contribution is -2.39. The Morgan fingerprint density at radius 1 is 1.17 bits per heavy atom. The SMILES string of the molecule is Cc1ccc(OC(C)C(=O)NC2CCCc3ccccc32)cc1. The van der Waals surface area contributed by atoms with E-state index in [2.05, 4.69) is 23.5 Å². The summed E-state index contributed by atoms with van der Waals surface area (Å²) in [5.41, 5.74) is 3.76. The highest BCUT2D eigenvalue weighted by Crippen LogP contribution is 2.29. The van der Waals surface area contributed by atoms with Crippen LogP contribution in [0.4, 0.5) is 0 Å². The number of fused-ring (bicyclic) bond motifs is 1. The molecule has 0 fully saturated rings. The van der Waals surface area contributed by atoms with Gasteiger partial charge >= 0.3 is 0 Å². The Hall–Kier alpha value is -2.29. The molecule has 0 bridgehead atoms. The molecule has 1 aliphatic rings. The number of amides is 1. The maximum atomic E-state index is 12.5. The van der Waals surface area contributed by atoms with Gasteiger partial charge in [0.25, 0.3) is 5.91 Å². The fraction of sp³-hybridized carbons (Fsp3) is 0.350. The van der Waals surface area contributed by atoms with Crippen molar-refractivity contribution in [3.63, 3.8) is 0 Å². The van der Waals surface area contributed by atoms with Crippen molar-refractivity contribution in [2.45, 2.75) is 45.3 Å². The zero-order valence-corrected chi connectivity index (χ0v) is 13.7. The number of aryl methyl sites for hydroxylation is 2. The summed E-state index contributed by atoms with van der Waals surface area (Å²) < 4.78 is 5.75. The molecule has 120 valence electrons. The number of ether oxygens (including phenoxy) is 1. The summed E-state index contributed by atoms with van der Waals surface area (Å²) in [6.07, 6.45) is 2.68. The highest BCUT2D eigenvalue weighted by atomic mass is 16.5. The third-order valence-corrected chi connectivity index (χ3v) is 4.39. The number of benzene rings is 2. The lowest BCUT2D eigenvalue weighted by molar-refractivity contribution is -0.128. The molecule has 3 rings (SSSR count). The van der Waals surface area contributed by atoms with E-state index in [1.807, 2.05) is 37.3 Å². The second-order valence-corrected chi connectivity index (χ2v) is 6.23. The van der Waals surface area contributed by atoms with E-state index < -0.39 is 6.10 Å². The zero-order chi connectivity index (χ0) is 16.2. The van der Waals surface area contributed by atoms with Gasteiger partial charge in [-0.15, -0.1) is 0 Å².